The van der Waals surface area contributed by atoms with Crippen molar-refractivity contribution in [1.82, 2.24) is 0 Å². The second-order valence-electron chi connectivity index (χ2n) is 4.58. The fourth-order valence-corrected chi connectivity index (χ4v) is 2.32. The third kappa shape index (κ3) is 3.44. The molecule has 0 spiro atoms. The maximum atomic E-state index is 13.7. The maximum absolute atomic E-state index is 13.7. The predicted molar refractivity (Wildman–Crippen MR) is 78.4 cm³/mol. The monoisotopic (exact) mass is 291 g/mol. The Morgan fingerprint density at radius 1 is 1.20 bits per heavy atom. The molecule has 20 heavy (non-hydrogen) atoms. The number of rotatable bonds is 5. The van der Waals surface area contributed by atoms with Crippen LogP contribution in [0.1, 0.15) is 17.0 Å². The van der Waals surface area contributed by atoms with Crippen molar-refractivity contribution in [2.75, 3.05) is 6.54 Å². The lowest BCUT2D eigenvalue weighted by Crippen LogP contribution is -2.23. The van der Waals surface area contributed by atoms with Gasteiger partial charge in [0.1, 0.15) is 11.6 Å². The van der Waals surface area contributed by atoms with Crippen LogP contribution >= 0.6 is 11.6 Å². The quantitative estimate of drug-likeness (QED) is 0.918. The van der Waals surface area contributed by atoms with E-state index in [1.165, 1.54) is 18.2 Å². The van der Waals surface area contributed by atoms with Crippen molar-refractivity contribution >= 4 is 17.4 Å². The van der Waals surface area contributed by atoms with Gasteiger partial charge in [0.15, 0.2) is 0 Å². The highest BCUT2D eigenvalue weighted by atomic mass is 35.5. The minimum Gasteiger partial charge on any atom is -0.329 e. The SMILES string of the molecule is NCC(C(=O)Cc1cc(Cl)ccc1F)c1ccccc1. The molecule has 0 radical (unpaired) electrons. The normalized spacial score (nSPS) is 12.2. The number of ketones is 1. The smallest absolute Gasteiger partial charge is 0.146 e. The van der Waals surface area contributed by atoms with Crippen LogP contribution in [0.2, 0.25) is 5.02 Å². The summed E-state index contributed by atoms with van der Waals surface area (Å²) in [6.45, 7) is 0.199. The third-order valence-corrected chi connectivity index (χ3v) is 3.43. The molecule has 1 atom stereocenters. The number of Topliss-reactive ketones (excluding diaryl/α,β-unsaturated/α-hetero) is 1. The van der Waals surface area contributed by atoms with Gasteiger partial charge in [-0.25, -0.2) is 4.39 Å². The molecule has 0 saturated heterocycles. The molecular formula is C16H15ClFNO. The van der Waals surface area contributed by atoms with E-state index in [1.54, 1.807) is 0 Å². The number of hydrogen-bond acceptors (Lipinski definition) is 2. The molecule has 1 unspecified atom stereocenters. The second-order valence-corrected chi connectivity index (χ2v) is 5.01. The van der Waals surface area contributed by atoms with Crippen LogP contribution in [0.25, 0.3) is 0 Å². The summed E-state index contributed by atoms with van der Waals surface area (Å²) in [6, 6.07) is 13.5. The summed E-state index contributed by atoms with van der Waals surface area (Å²) in [4.78, 5) is 12.3. The number of benzene rings is 2. The van der Waals surface area contributed by atoms with Crippen molar-refractivity contribution in [1.29, 1.82) is 0 Å². The Kier molecular flexibility index (Phi) is 4.88. The summed E-state index contributed by atoms with van der Waals surface area (Å²) in [5, 5.41) is 0.415. The summed E-state index contributed by atoms with van der Waals surface area (Å²) in [7, 11) is 0. The minimum atomic E-state index is -0.424. The number of carbonyl (C=O) groups excluding carboxylic acids is 1. The highest BCUT2D eigenvalue weighted by molar-refractivity contribution is 6.30. The lowest BCUT2D eigenvalue weighted by molar-refractivity contribution is -0.119. The van der Waals surface area contributed by atoms with E-state index < -0.39 is 11.7 Å². The predicted octanol–water partition coefficient (Wildman–Crippen LogP) is 3.33. The van der Waals surface area contributed by atoms with Crippen LogP contribution in [0.15, 0.2) is 48.5 Å². The van der Waals surface area contributed by atoms with Gasteiger partial charge in [-0.2, -0.15) is 0 Å². The summed E-state index contributed by atoms with van der Waals surface area (Å²) in [5.74, 6) is -0.957. The van der Waals surface area contributed by atoms with Gasteiger partial charge < -0.3 is 5.73 Å². The molecule has 0 aliphatic rings. The van der Waals surface area contributed by atoms with Crippen molar-refractivity contribution in [3.63, 3.8) is 0 Å². The average Bonchev–Trinajstić information content (AvgIpc) is 2.45. The van der Waals surface area contributed by atoms with Gasteiger partial charge in [-0.05, 0) is 29.3 Å². The molecule has 0 saturated carbocycles. The lowest BCUT2D eigenvalue weighted by atomic mass is 9.91. The Morgan fingerprint density at radius 3 is 2.55 bits per heavy atom. The zero-order chi connectivity index (χ0) is 14.5. The fourth-order valence-electron chi connectivity index (χ4n) is 2.13. The number of halogens is 2. The highest BCUT2D eigenvalue weighted by Crippen LogP contribution is 2.21. The molecule has 4 heteroatoms. The van der Waals surface area contributed by atoms with Gasteiger partial charge in [-0.1, -0.05) is 41.9 Å². The van der Waals surface area contributed by atoms with Gasteiger partial charge in [0.05, 0.1) is 5.92 Å². The van der Waals surface area contributed by atoms with Gasteiger partial charge in [0, 0.05) is 18.0 Å². The second kappa shape index (κ2) is 6.64. The molecule has 0 fully saturated rings. The van der Waals surface area contributed by atoms with E-state index >= 15 is 0 Å². The first kappa shape index (κ1) is 14.7. The highest BCUT2D eigenvalue weighted by Gasteiger charge is 2.20. The molecule has 0 aliphatic carbocycles. The molecule has 0 amide bonds. The van der Waals surface area contributed by atoms with Gasteiger partial charge in [-0.3, -0.25) is 4.79 Å². The molecule has 0 aliphatic heterocycles. The molecule has 2 aromatic rings. The number of carbonyl (C=O) groups is 1. The molecule has 0 heterocycles. The van der Waals surface area contributed by atoms with E-state index in [0.29, 0.717) is 10.6 Å². The zero-order valence-electron chi connectivity index (χ0n) is 10.9. The van der Waals surface area contributed by atoms with E-state index in [2.05, 4.69) is 0 Å². The first-order chi connectivity index (χ1) is 9.61. The van der Waals surface area contributed by atoms with Crippen LogP contribution in [0.5, 0.6) is 0 Å². The Bertz CT molecular complexity index is 601. The van der Waals surface area contributed by atoms with Crippen molar-refractivity contribution in [3.8, 4) is 0 Å². The Morgan fingerprint density at radius 2 is 1.90 bits per heavy atom. The third-order valence-electron chi connectivity index (χ3n) is 3.20. The summed E-state index contributed by atoms with van der Waals surface area (Å²) < 4.78 is 13.7. The number of hydrogen-bond donors (Lipinski definition) is 1. The van der Waals surface area contributed by atoms with Gasteiger partial charge in [0.25, 0.3) is 0 Å². The van der Waals surface area contributed by atoms with E-state index in [4.69, 9.17) is 17.3 Å². The van der Waals surface area contributed by atoms with Crippen LogP contribution in [0.4, 0.5) is 4.39 Å². The summed E-state index contributed by atoms with van der Waals surface area (Å²) in [6.07, 6.45) is -0.0108. The Hall–Kier alpha value is -1.71. The number of nitrogens with two attached hydrogens (primary N) is 1. The molecule has 104 valence electrons. The average molecular weight is 292 g/mol. The standard InChI is InChI=1S/C16H15ClFNO/c17-13-6-7-15(18)12(8-13)9-16(20)14(10-19)11-4-2-1-3-5-11/h1-8,14H,9-10,19H2. The van der Waals surface area contributed by atoms with Crippen LogP contribution in [0, 0.1) is 5.82 Å². The van der Waals surface area contributed by atoms with Crippen molar-refractivity contribution in [3.05, 3.63) is 70.5 Å². The van der Waals surface area contributed by atoms with Crippen molar-refractivity contribution in [2.45, 2.75) is 12.3 Å². The van der Waals surface area contributed by atoms with E-state index in [9.17, 15) is 9.18 Å². The summed E-state index contributed by atoms with van der Waals surface area (Å²) in [5.41, 5.74) is 6.84. The van der Waals surface area contributed by atoms with Crippen LogP contribution < -0.4 is 5.73 Å². The van der Waals surface area contributed by atoms with Gasteiger partial charge in [0.2, 0.25) is 0 Å². The molecule has 2 aromatic carbocycles. The van der Waals surface area contributed by atoms with Crippen molar-refractivity contribution < 1.29 is 9.18 Å². The first-order valence-electron chi connectivity index (χ1n) is 6.33. The maximum Gasteiger partial charge on any atom is 0.146 e. The molecule has 2 N–H and O–H groups in total. The van der Waals surface area contributed by atoms with E-state index in [0.717, 1.165) is 5.56 Å². The lowest BCUT2D eigenvalue weighted by Gasteiger charge is -2.14. The molecule has 0 bridgehead atoms. The molecule has 2 nitrogen and oxygen atoms in total. The molecular weight excluding hydrogens is 277 g/mol. The van der Waals surface area contributed by atoms with Gasteiger partial charge in [-0.15, -0.1) is 0 Å². The summed E-state index contributed by atoms with van der Waals surface area (Å²) >= 11 is 5.83. The van der Waals surface area contributed by atoms with E-state index in [1.807, 2.05) is 30.3 Å². The van der Waals surface area contributed by atoms with Gasteiger partial charge >= 0.3 is 0 Å². The van der Waals surface area contributed by atoms with Crippen LogP contribution in [-0.4, -0.2) is 12.3 Å². The van der Waals surface area contributed by atoms with Crippen LogP contribution in [0.3, 0.4) is 0 Å². The molecule has 0 aromatic heterocycles. The Balaban J connectivity index is 2.20. The zero-order valence-corrected chi connectivity index (χ0v) is 11.6. The molecule has 2 rings (SSSR count). The Labute approximate surface area is 122 Å². The minimum absolute atomic E-state index is 0.0108. The van der Waals surface area contributed by atoms with E-state index in [-0.39, 0.29) is 18.7 Å². The fraction of sp³-hybridized carbons (Fsp3) is 0.188. The van der Waals surface area contributed by atoms with Crippen LogP contribution in [-0.2, 0) is 11.2 Å². The largest absolute Gasteiger partial charge is 0.329 e. The topological polar surface area (TPSA) is 43.1 Å². The first-order valence-corrected chi connectivity index (χ1v) is 6.71. The van der Waals surface area contributed by atoms with Crippen molar-refractivity contribution in [2.24, 2.45) is 5.73 Å².